The van der Waals surface area contributed by atoms with E-state index in [1.54, 1.807) is 0 Å². The van der Waals surface area contributed by atoms with E-state index in [1.165, 1.54) is 0 Å². The van der Waals surface area contributed by atoms with Crippen LogP contribution in [0.4, 0.5) is 0 Å². The summed E-state index contributed by atoms with van der Waals surface area (Å²) < 4.78 is 25.1. The van der Waals surface area contributed by atoms with Crippen LogP contribution < -0.4 is 11.2 Å². The first-order valence-electron chi connectivity index (χ1n) is 11.3. The first-order chi connectivity index (χ1) is 16.9. The van der Waals surface area contributed by atoms with Crippen molar-refractivity contribution in [3.63, 3.8) is 0 Å². The first-order valence-corrected chi connectivity index (χ1v) is 13.4. The molecule has 0 heterocycles. The standard InChI is InChI=1S/C26H31N2O5PS/c27-21-26(35,28-31-18-22-10-4-1-5-11-22)25(29)16-17-34(30,32-19-23-12-6-2-7-13-23)33-20-24-14-8-3-9-15-24/h1-15,28,35H,16-21,27H2. The lowest BCUT2D eigenvalue weighted by Crippen LogP contribution is -2.52. The lowest BCUT2D eigenvalue weighted by atomic mass is 10.1. The number of nitrogens with one attached hydrogen (secondary N) is 1. The van der Waals surface area contributed by atoms with Gasteiger partial charge in [-0.2, -0.15) is 5.48 Å². The van der Waals surface area contributed by atoms with Gasteiger partial charge in [0, 0.05) is 13.0 Å². The monoisotopic (exact) mass is 514 g/mol. The van der Waals surface area contributed by atoms with Crippen molar-refractivity contribution in [1.82, 2.24) is 5.48 Å². The second-order valence-corrected chi connectivity index (χ2v) is 10.9. The fraction of sp³-hybridized carbons (Fsp3) is 0.269. The van der Waals surface area contributed by atoms with Crippen LogP contribution in [-0.4, -0.2) is 23.4 Å². The summed E-state index contributed by atoms with van der Waals surface area (Å²) in [6.07, 6.45) is -0.239. The third-order valence-electron chi connectivity index (χ3n) is 5.23. The van der Waals surface area contributed by atoms with Crippen LogP contribution in [0.1, 0.15) is 23.1 Å². The average molecular weight is 515 g/mol. The Balaban J connectivity index is 1.60. The Morgan fingerprint density at radius 3 is 1.66 bits per heavy atom. The summed E-state index contributed by atoms with van der Waals surface area (Å²) in [5, 5.41) is 0. The van der Waals surface area contributed by atoms with E-state index < -0.39 is 12.5 Å². The topological polar surface area (TPSA) is 99.9 Å². The maximum absolute atomic E-state index is 13.6. The molecule has 0 radical (unpaired) electrons. The zero-order valence-corrected chi connectivity index (χ0v) is 21.2. The van der Waals surface area contributed by atoms with E-state index in [-0.39, 0.29) is 44.7 Å². The van der Waals surface area contributed by atoms with Crippen molar-refractivity contribution < 1.29 is 23.2 Å². The van der Waals surface area contributed by atoms with E-state index in [4.69, 9.17) is 19.6 Å². The maximum atomic E-state index is 13.6. The molecule has 3 aromatic carbocycles. The molecule has 7 nitrogen and oxygen atoms in total. The molecule has 1 atom stereocenters. The molecule has 3 aromatic rings. The second kappa shape index (κ2) is 13.7. The molecule has 0 bridgehead atoms. The minimum atomic E-state index is -3.62. The Bertz CT molecular complexity index is 1040. The fourth-order valence-electron chi connectivity index (χ4n) is 3.13. The molecule has 1 unspecified atom stereocenters. The highest BCUT2D eigenvalue weighted by molar-refractivity contribution is 7.82. The Hall–Kier alpha value is -2.29. The van der Waals surface area contributed by atoms with E-state index in [2.05, 4.69) is 18.1 Å². The smallest absolute Gasteiger partial charge is 0.327 e. The van der Waals surface area contributed by atoms with Crippen LogP contribution in [0.15, 0.2) is 91.0 Å². The molecule has 0 spiro atoms. The molecule has 3 N–H and O–H groups in total. The number of thiol groups is 1. The number of ketones is 1. The summed E-state index contributed by atoms with van der Waals surface area (Å²) in [4.78, 5) is 17.0. The number of hydroxylamine groups is 1. The van der Waals surface area contributed by atoms with Gasteiger partial charge in [-0.1, -0.05) is 91.0 Å². The number of hydrogen-bond donors (Lipinski definition) is 3. The third kappa shape index (κ3) is 9.02. The molecule has 0 aliphatic heterocycles. The fourth-order valence-corrected chi connectivity index (χ4v) is 4.81. The SMILES string of the molecule is NCC(S)(NOCc1ccccc1)C(=O)CCP(=O)(OCc1ccccc1)OCc1ccccc1. The average Bonchev–Trinajstić information content (AvgIpc) is 2.91. The van der Waals surface area contributed by atoms with Crippen molar-refractivity contribution in [2.24, 2.45) is 5.73 Å². The summed E-state index contributed by atoms with van der Waals surface area (Å²) in [6, 6.07) is 28.2. The van der Waals surface area contributed by atoms with Crippen LogP contribution >= 0.6 is 20.2 Å². The number of benzene rings is 3. The second-order valence-electron chi connectivity index (χ2n) is 7.97. The lowest BCUT2D eigenvalue weighted by molar-refractivity contribution is -0.127. The number of carbonyl (C=O) groups excluding carboxylic acids is 1. The van der Waals surface area contributed by atoms with E-state index in [0.29, 0.717) is 0 Å². The highest BCUT2D eigenvalue weighted by Gasteiger charge is 2.36. The zero-order chi connectivity index (χ0) is 25.0. The number of nitrogens with two attached hydrogens (primary N) is 1. The third-order valence-corrected chi connectivity index (χ3v) is 7.57. The molecule has 0 aliphatic carbocycles. The first kappa shape index (κ1) is 27.3. The molecule has 186 valence electrons. The molecule has 9 heteroatoms. The van der Waals surface area contributed by atoms with Gasteiger partial charge in [0.05, 0.1) is 26.0 Å². The van der Waals surface area contributed by atoms with Gasteiger partial charge in [-0.3, -0.25) is 14.2 Å². The van der Waals surface area contributed by atoms with Crippen LogP contribution in [0.2, 0.25) is 0 Å². The van der Waals surface area contributed by atoms with Crippen molar-refractivity contribution in [2.45, 2.75) is 31.1 Å². The molecule has 3 rings (SSSR count). The van der Waals surface area contributed by atoms with Crippen molar-refractivity contribution in [3.05, 3.63) is 108 Å². The molecule has 0 aliphatic rings. The van der Waals surface area contributed by atoms with Gasteiger partial charge in [0.2, 0.25) is 0 Å². The summed E-state index contributed by atoms with van der Waals surface area (Å²) in [7, 11) is -3.62. The number of hydrogen-bond acceptors (Lipinski definition) is 8. The molecule has 0 saturated carbocycles. The minimum absolute atomic E-state index is 0.0996. The van der Waals surface area contributed by atoms with Crippen molar-refractivity contribution >= 4 is 26.0 Å². The predicted octanol–water partition coefficient (Wildman–Crippen LogP) is 4.88. The van der Waals surface area contributed by atoms with Gasteiger partial charge in [0.15, 0.2) is 10.7 Å². The minimum Gasteiger partial charge on any atom is -0.327 e. The summed E-state index contributed by atoms with van der Waals surface area (Å²) in [6.45, 7) is 0.309. The molecule has 0 amide bonds. The molecular weight excluding hydrogens is 483 g/mol. The van der Waals surface area contributed by atoms with Gasteiger partial charge in [-0.05, 0) is 16.7 Å². The Kier molecular flexibility index (Phi) is 10.7. The molecule has 35 heavy (non-hydrogen) atoms. The highest BCUT2D eigenvalue weighted by atomic mass is 32.1. The van der Waals surface area contributed by atoms with Gasteiger partial charge < -0.3 is 14.8 Å². The summed E-state index contributed by atoms with van der Waals surface area (Å²) in [5.41, 5.74) is 11.1. The van der Waals surface area contributed by atoms with Crippen LogP contribution in [0.25, 0.3) is 0 Å². The maximum Gasteiger partial charge on any atom is 0.331 e. The van der Waals surface area contributed by atoms with Gasteiger partial charge in [0.25, 0.3) is 0 Å². The van der Waals surface area contributed by atoms with Crippen LogP contribution in [0.5, 0.6) is 0 Å². The van der Waals surface area contributed by atoms with Gasteiger partial charge in [-0.15, -0.1) is 12.6 Å². The lowest BCUT2D eigenvalue weighted by Gasteiger charge is -2.27. The zero-order valence-electron chi connectivity index (χ0n) is 19.4. The number of Topliss-reactive ketones (excluding diaryl/α,β-unsaturated/α-hetero) is 1. The highest BCUT2D eigenvalue weighted by Crippen LogP contribution is 2.50. The Labute approximate surface area is 211 Å². The molecule has 0 fully saturated rings. The quantitative estimate of drug-likeness (QED) is 0.115. The molecule has 0 aromatic heterocycles. The molecular formula is C26H31N2O5PS. The van der Waals surface area contributed by atoms with E-state index in [0.717, 1.165) is 16.7 Å². The van der Waals surface area contributed by atoms with Crippen molar-refractivity contribution in [1.29, 1.82) is 0 Å². The van der Waals surface area contributed by atoms with E-state index >= 15 is 0 Å². The van der Waals surface area contributed by atoms with Crippen LogP contribution in [-0.2, 0) is 43.1 Å². The van der Waals surface area contributed by atoms with E-state index in [9.17, 15) is 9.36 Å². The van der Waals surface area contributed by atoms with Gasteiger partial charge in [-0.25, -0.2) is 0 Å². The van der Waals surface area contributed by atoms with Crippen LogP contribution in [0.3, 0.4) is 0 Å². The normalized spacial score (nSPS) is 13.3. The van der Waals surface area contributed by atoms with Gasteiger partial charge in [0.1, 0.15) is 0 Å². The Morgan fingerprint density at radius 2 is 1.23 bits per heavy atom. The van der Waals surface area contributed by atoms with E-state index in [1.807, 2.05) is 91.0 Å². The van der Waals surface area contributed by atoms with Gasteiger partial charge >= 0.3 is 7.60 Å². The summed E-state index contributed by atoms with van der Waals surface area (Å²) >= 11 is 4.43. The number of carbonyl (C=O) groups is 1. The summed E-state index contributed by atoms with van der Waals surface area (Å²) in [5.74, 6) is -0.372. The largest absolute Gasteiger partial charge is 0.331 e. The predicted molar refractivity (Wildman–Crippen MR) is 140 cm³/mol. The number of rotatable bonds is 15. The van der Waals surface area contributed by atoms with Crippen molar-refractivity contribution in [3.8, 4) is 0 Å². The Morgan fingerprint density at radius 1 is 0.800 bits per heavy atom. The van der Waals surface area contributed by atoms with Crippen molar-refractivity contribution in [2.75, 3.05) is 12.7 Å². The van der Waals surface area contributed by atoms with Crippen LogP contribution in [0, 0.1) is 0 Å². The molecule has 0 saturated heterocycles.